The number of aromatic nitrogens is 1. The van der Waals surface area contributed by atoms with Crippen LogP contribution in [-0.4, -0.2) is 54.7 Å². The van der Waals surface area contributed by atoms with Crippen LogP contribution in [0.3, 0.4) is 0 Å². The van der Waals surface area contributed by atoms with E-state index in [1.807, 2.05) is 42.2 Å². The molecule has 2 atom stereocenters. The summed E-state index contributed by atoms with van der Waals surface area (Å²) in [5.74, 6) is -0.687. The topological polar surface area (TPSA) is 81.1 Å². The Hall–Kier alpha value is -3.91. The summed E-state index contributed by atoms with van der Waals surface area (Å²) in [5, 5.41) is 0. The first kappa shape index (κ1) is 26.7. The van der Waals surface area contributed by atoms with Crippen LogP contribution >= 0.6 is 0 Å². The quantitative estimate of drug-likeness (QED) is 0.309. The smallest absolute Gasteiger partial charge is 0.309 e. The summed E-state index contributed by atoms with van der Waals surface area (Å²) >= 11 is 0. The van der Waals surface area contributed by atoms with Crippen LogP contribution in [0.15, 0.2) is 59.7 Å². The van der Waals surface area contributed by atoms with E-state index in [-0.39, 0.29) is 36.5 Å². The van der Waals surface area contributed by atoms with Gasteiger partial charge in [0, 0.05) is 60.2 Å². The molecular weight excluding hydrogens is 497 g/mol. The highest BCUT2D eigenvalue weighted by Crippen LogP contribution is 2.31. The number of nitrogens with zero attached hydrogens (tertiary/aromatic N) is 3. The molecule has 0 N–H and O–H groups in total. The number of ketones is 1. The van der Waals surface area contributed by atoms with Crippen LogP contribution in [0, 0.1) is 24.6 Å². The number of methoxy groups -OCH3 is 2. The molecule has 0 amide bonds. The number of likely N-dealkylation sites (tertiary alicyclic amines) is 1. The predicted octanol–water partition coefficient (Wildman–Crippen LogP) is 4.77. The summed E-state index contributed by atoms with van der Waals surface area (Å²) in [5.41, 5.74) is 5.88. The minimum Gasteiger partial charge on any atom is -0.496 e. The number of carbonyl (C=O) groups is 2. The zero-order chi connectivity index (χ0) is 27.5. The van der Waals surface area contributed by atoms with Crippen molar-refractivity contribution in [3.8, 4) is 5.75 Å². The van der Waals surface area contributed by atoms with E-state index < -0.39 is 5.92 Å². The van der Waals surface area contributed by atoms with Gasteiger partial charge in [-0.2, -0.15) is 0 Å². The first-order valence-electron chi connectivity index (χ1n) is 13.1. The molecule has 2 aromatic carbocycles. The zero-order valence-electron chi connectivity index (χ0n) is 22.4. The Bertz CT molecular complexity index is 1440. The number of hydrogen-bond donors (Lipinski definition) is 0. The van der Waals surface area contributed by atoms with Crippen molar-refractivity contribution in [2.24, 2.45) is 16.8 Å². The SMILES string of the molecule is COC(=O)C1CC(CC(=O)c2ccc3c(c2)C(c2ccnc(C)c2)=NC3)CN(Cc2c(F)cccc2OC)C1. The van der Waals surface area contributed by atoms with Crippen LogP contribution in [0.4, 0.5) is 4.39 Å². The Balaban J connectivity index is 1.34. The van der Waals surface area contributed by atoms with Crippen molar-refractivity contribution in [3.05, 3.63) is 94.1 Å². The summed E-state index contributed by atoms with van der Waals surface area (Å²) in [4.78, 5) is 37.1. The van der Waals surface area contributed by atoms with Gasteiger partial charge in [-0.3, -0.25) is 24.5 Å². The van der Waals surface area contributed by atoms with Crippen molar-refractivity contribution < 1.29 is 23.5 Å². The maximum absolute atomic E-state index is 14.7. The number of carbonyl (C=O) groups excluding carboxylic acids is 2. The number of halogens is 1. The number of pyridine rings is 1. The summed E-state index contributed by atoms with van der Waals surface area (Å²) in [6, 6.07) is 14.4. The standard InChI is InChI=1S/C31H32FN3O4/c1-19-11-22(9-10-33-19)30-25-14-21(7-8-23(25)15-34-30)28(36)13-20-12-24(31(37)39-3)17-35(16-20)18-26-27(32)5-4-6-29(26)38-2/h4-11,14,20,24H,12-13,15-18H2,1-3H3. The average Bonchev–Trinajstić information content (AvgIpc) is 3.37. The van der Waals surface area contributed by atoms with Crippen molar-refractivity contribution >= 4 is 17.5 Å². The number of piperidine rings is 1. The van der Waals surface area contributed by atoms with Crippen LogP contribution in [0.25, 0.3) is 0 Å². The second kappa shape index (κ2) is 11.5. The van der Waals surface area contributed by atoms with Gasteiger partial charge in [0.2, 0.25) is 0 Å². The van der Waals surface area contributed by atoms with Gasteiger partial charge in [-0.25, -0.2) is 4.39 Å². The summed E-state index contributed by atoms with van der Waals surface area (Å²) in [6.07, 6.45) is 2.58. The maximum atomic E-state index is 14.7. The van der Waals surface area contributed by atoms with Crippen LogP contribution in [0.1, 0.15) is 51.1 Å². The van der Waals surface area contributed by atoms with Crippen molar-refractivity contribution in [2.45, 2.75) is 32.9 Å². The average molecular weight is 530 g/mol. The number of esters is 1. The van der Waals surface area contributed by atoms with E-state index in [1.54, 1.807) is 18.3 Å². The van der Waals surface area contributed by atoms with Gasteiger partial charge in [0.15, 0.2) is 5.78 Å². The second-order valence-electron chi connectivity index (χ2n) is 10.3. The molecule has 0 spiro atoms. The molecule has 0 aliphatic carbocycles. The lowest BCUT2D eigenvalue weighted by atomic mass is 9.84. The number of Topliss-reactive ketones (excluding diaryl/α,β-unsaturated/α-hetero) is 1. The molecule has 1 aromatic heterocycles. The normalized spacial score (nSPS) is 18.8. The Morgan fingerprint density at radius 2 is 1.95 bits per heavy atom. The third kappa shape index (κ3) is 5.76. The Morgan fingerprint density at radius 3 is 2.72 bits per heavy atom. The number of aliphatic imine (C=N–C) groups is 1. The summed E-state index contributed by atoms with van der Waals surface area (Å²) in [7, 11) is 2.88. The highest BCUT2D eigenvalue weighted by molar-refractivity contribution is 6.16. The van der Waals surface area contributed by atoms with Crippen molar-refractivity contribution in [2.75, 3.05) is 27.3 Å². The van der Waals surface area contributed by atoms with E-state index in [4.69, 9.17) is 14.5 Å². The summed E-state index contributed by atoms with van der Waals surface area (Å²) in [6.45, 7) is 3.79. The second-order valence-corrected chi connectivity index (χ2v) is 10.3. The third-order valence-electron chi connectivity index (χ3n) is 7.56. The molecule has 39 heavy (non-hydrogen) atoms. The zero-order valence-corrected chi connectivity index (χ0v) is 22.4. The molecule has 2 aliphatic heterocycles. The molecule has 1 saturated heterocycles. The van der Waals surface area contributed by atoms with Gasteiger partial charge in [0.05, 0.1) is 32.4 Å². The lowest BCUT2D eigenvalue weighted by Crippen LogP contribution is -2.43. The fourth-order valence-electron chi connectivity index (χ4n) is 5.70. The van der Waals surface area contributed by atoms with Gasteiger partial charge in [-0.15, -0.1) is 0 Å². The number of hydrogen-bond acceptors (Lipinski definition) is 7. The van der Waals surface area contributed by atoms with Gasteiger partial charge in [-0.1, -0.05) is 18.2 Å². The van der Waals surface area contributed by atoms with Crippen molar-refractivity contribution in [1.29, 1.82) is 0 Å². The van der Waals surface area contributed by atoms with Crippen LogP contribution in [-0.2, 0) is 22.6 Å². The lowest BCUT2D eigenvalue weighted by Gasteiger charge is -2.36. The minimum atomic E-state index is -0.395. The van der Waals surface area contributed by atoms with E-state index in [0.29, 0.717) is 42.9 Å². The Labute approximate surface area is 227 Å². The number of benzene rings is 2. The van der Waals surface area contributed by atoms with Gasteiger partial charge < -0.3 is 9.47 Å². The Kier molecular flexibility index (Phi) is 7.84. The lowest BCUT2D eigenvalue weighted by molar-refractivity contribution is -0.148. The first-order valence-corrected chi connectivity index (χ1v) is 13.1. The van der Waals surface area contributed by atoms with E-state index in [2.05, 4.69) is 4.98 Å². The molecule has 0 radical (unpaired) electrons. The number of fused-ring (bicyclic) bond motifs is 1. The van der Waals surface area contributed by atoms with E-state index in [9.17, 15) is 14.0 Å². The number of rotatable bonds is 8. The molecule has 5 rings (SSSR count). The monoisotopic (exact) mass is 529 g/mol. The van der Waals surface area contributed by atoms with Crippen LogP contribution < -0.4 is 4.74 Å². The van der Waals surface area contributed by atoms with Gasteiger partial charge in [0.1, 0.15) is 11.6 Å². The van der Waals surface area contributed by atoms with Crippen molar-refractivity contribution in [3.63, 3.8) is 0 Å². The molecule has 1 fully saturated rings. The molecule has 202 valence electrons. The first-order chi connectivity index (χ1) is 18.9. The molecule has 0 bridgehead atoms. The van der Waals surface area contributed by atoms with Crippen molar-refractivity contribution in [1.82, 2.24) is 9.88 Å². The van der Waals surface area contributed by atoms with Crippen LogP contribution in [0.5, 0.6) is 5.75 Å². The largest absolute Gasteiger partial charge is 0.496 e. The minimum absolute atomic E-state index is 0.00824. The fraction of sp³-hybridized carbons (Fsp3) is 0.355. The van der Waals surface area contributed by atoms with Crippen LogP contribution in [0.2, 0.25) is 0 Å². The molecule has 7 nitrogen and oxygen atoms in total. The number of aryl methyl sites for hydroxylation is 1. The highest BCUT2D eigenvalue weighted by Gasteiger charge is 2.34. The van der Waals surface area contributed by atoms with E-state index >= 15 is 0 Å². The Morgan fingerprint density at radius 1 is 1.10 bits per heavy atom. The van der Waals surface area contributed by atoms with E-state index in [1.165, 1.54) is 20.3 Å². The molecular formula is C31H32FN3O4. The number of ether oxygens (including phenoxy) is 2. The molecule has 3 aromatic rings. The predicted molar refractivity (Wildman–Crippen MR) is 146 cm³/mol. The van der Waals surface area contributed by atoms with Gasteiger partial charge in [0.25, 0.3) is 0 Å². The fourth-order valence-corrected chi connectivity index (χ4v) is 5.70. The molecule has 2 aliphatic rings. The molecule has 0 saturated carbocycles. The third-order valence-corrected chi connectivity index (χ3v) is 7.56. The van der Waals surface area contributed by atoms with Gasteiger partial charge >= 0.3 is 5.97 Å². The highest BCUT2D eigenvalue weighted by atomic mass is 19.1. The molecule has 2 unspecified atom stereocenters. The van der Waals surface area contributed by atoms with Gasteiger partial charge in [-0.05, 0) is 55.2 Å². The molecule has 8 heteroatoms. The summed E-state index contributed by atoms with van der Waals surface area (Å²) < 4.78 is 25.1. The molecule has 3 heterocycles. The van der Waals surface area contributed by atoms with E-state index in [0.717, 1.165) is 28.1 Å². The maximum Gasteiger partial charge on any atom is 0.309 e.